The topological polar surface area (TPSA) is 70.3 Å². The molecule has 0 spiro atoms. The van der Waals surface area contributed by atoms with E-state index in [9.17, 15) is 9.90 Å². The number of carbonyl (C=O) groups is 1. The van der Waals surface area contributed by atoms with Crippen molar-refractivity contribution in [2.45, 2.75) is 45.4 Å². The van der Waals surface area contributed by atoms with Crippen molar-refractivity contribution in [3.8, 4) is 22.9 Å². The Morgan fingerprint density at radius 3 is 2.38 bits per heavy atom. The Labute approximate surface area is 155 Å². The minimum Gasteiger partial charge on any atom is -0.494 e. The maximum absolute atomic E-state index is 11.5. The standard InChI is InChI=1S/C22H25NO3/c1-2-3-4-5-6-7-14-26-19-12-13-20(22(24)25)21(15-19)18-10-8-17(16-23)9-11-18/h8-13,15H,2-7,14H2,1H3,(H,24,25). The number of benzene rings is 2. The van der Waals surface area contributed by atoms with E-state index in [1.165, 1.54) is 25.7 Å². The molecular formula is C22H25NO3. The van der Waals surface area contributed by atoms with Crippen LogP contribution in [-0.4, -0.2) is 17.7 Å². The van der Waals surface area contributed by atoms with Crippen LogP contribution in [-0.2, 0) is 0 Å². The normalized spacial score (nSPS) is 10.3. The lowest BCUT2D eigenvalue weighted by molar-refractivity contribution is 0.0697. The molecule has 2 aromatic rings. The fourth-order valence-corrected chi connectivity index (χ4v) is 2.84. The molecule has 0 heterocycles. The molecule has 4 heteroatoms. The summed E-state index contributed by atoms with van der Waals surface area (Å²) in [6.45, 7) is 2.83. The van der Waals surface area contributed by atoms with Gasteiger partial charge >= 0.3 is 5.97 Å². The van der Waals surface area contributed by atoms with Crippen molar-refractivity contribution in [1.29, 1.82) is 5.26 Å². The lowest BCUT2D eigenvalue weighted by Gasteiger charge is -2.11. The van der Waals surface area contributed by atoms with Crippen LogP contribution in [0, 0.1) is 11.3 Å². The third-order valence-electron chi connectivity index (χ3n) is 4.31. The van der Waals surface area contributed by atoms with Gasteiger partial charge in [0.15, 0.2) is 0 Å². The number of carboxylic acids is 1. The number of carboxylic acid groups (broad SMARTS) is 1. The van der Waals surface area contributed by atoms with Crippen LogP contribution in [0.1, 0.15) is 61.4 Å². The molecule has 0 aromatic heterocycles. The molecule has 2 aromatic carbocycles. The van der Waals surface area contributed by atoms with Crippen LogP contribution in [0.5, 0.6) is 5.75 Å². The highest BCUT2D eigenvalue weighted by molar-refractivity contribution is 5.96. The van der Waals surface area contributed by atoms with Gasteiger partial charge in [-0.3, -0.25) is 0 Å². The van der Waals surface area contributed by atoms with Crippen LogP contribution < -0.4 is 4.74 Å². The molecule has 136 valence electrons. The summed E-state index contributed by atoms with van der Waals surface area (Å²) in [7, 11) is 0. The summed E-state index contributed by atoms with van der Waals surface area (Å²) in [5.74, 6) is -0.310. The molecule has 4 nitrogen and oxygen atoms in total. The summed E-state index contributed by atoms with van der Waals surface area (Å²) in [4.78, 5) is 11.5. The van der Waals surface area contributed by atoms with Gasteiger partial charge in [-0.25, -0.2) is 4.79 Å². The van der Waals surface area contributed by atoms with Gasteiger partial charge in [-0.1, -0.05) is 51.2 Å². The van der Waals surface area contributed by atoms with E-state index in [2.05, 4.69) is 13.0 Å². The molecular weight excluding hydrogens is 326 g/mol. The molecule has 0 saturated heterocycles. The number of hydrogen-bond acceptors (Lipinski definition) is 3. The Morgan fingerprint density at radius 2 is 1.73 bits per heavy atom. The third kappa shape index (κ3) is 5.63. The smallest absolute Gasteiger partial charge is 0.336 e. The van der Waals surface area contributed by atoms with Gasteiger partial charge in [0.25, 0.3) is 0 Å². The zero-order valence-corrected chi connectivity index (χ0v) is 15.2. The molecule has 0 aliphatic heterocycles. The summed E-state index contributed by atoms with van der Waals surface area (Å²) in [6, 6.07) is 14.0. The van der Waals surface area contributed by atoms with Crippen LogP contribution in [0.25, 0.3) is 11.1 Å². The molecule has 2 rings (SSSR count). The van der Waals surface area contributed by atoms with E-state index in [4.69, 9.17) is 10.00 Å². The molecule has 1 N–H and O–H groups in total. The molecule has 0 aliphatic carbocycles. The summed E-state index contributed by atoms with van der Waals surface area (Å²) >= 11 is 0. The first-order valence-electron chi connectivity index (χ1n) is 9.16. The van der Waals surface area contributed by atoms with E-state index in [0.29, 0.717) is 23.5 Å². The minimum atomic E-state index is -0.980. The van der Waals surface area contributed by atoms with Crippen LogP contribution >= 0.6 is 0 Å². The second-order valence-electron chi connectivity index (χ2n) is 6.32. The number of nitriles is 1. The molecule has 0 unspecified atom stereocenters. The van der Waals surface area contributed by atoms with Gasteiger partial charge < -0.3 is 9.84 Å². The van der Waals surface area contributed by atoms with Crippen molar-refractivity contribution in [2.24, 2.45) is 0 Å². The Bertz CT molecular complexity index is 760. The predicted molar refractivity (Wildman–Crippen MR) is 102 cm³/mol. The summed E-state index contributed by atoms with van der Waals surface area (Å²) in [5, 5.41) is 18.4. The Balaban J connectivity index is 2.05. The van der Waals surface area contributed by atoms with Crippen LogP contribution in [0.4, 0.5) is 0 Å². The van der Waals surface area contributed by atoms with Gasteiger partial charge in [-0.15, -0.1) is 0 Å². The fourth-order valence-electron chi connectivity index (χ4n) is 2.84. The summed E-state index contributed by atoms with van der Waals surface area (Å²) in [6.07, 6.45) is 7.17. The van der Waals surface area contributed by atoms with Crippen molar-refractivity contribution < 1.29 is 14.6 Å². The number of rotatable bonds is 10. The third-order valence-corrected chi connectivity index (χ3v) is 4.31. The molecule has 0 atom stereocenters. The van der Waals surface area contributed by atoms with Gasteiger partial charge in [0.05, 0.1) is 23.8 Å². The van der Waals surface area contributed by atoms with Crippen LogP contribution in [0.3, 0.4) is 0 Å². The van der Waals surface area contributed by atoms with E-state index in [-0.39, 0.29) is 5.56 Å². The SMILES string of the molecule is CCCCCCCCOc1ccc(C(=O)O)c(-c2ccc(C#N)cc2)c1. The molecule has 0 radical (unpaired) electrons. The van der Waals surface area contributed by atoms with Gasteiger partial charge in [-0.2, -0.15) is 5.26 Å². The minimum absolute atomic E-state index is 0.224. The first-order chi connectivity index (χ1) is 12.7. The molecule has 26 heavy (non-hydrogen) atoms. The molecule has 0 amide bonds. The van der Waals surface area contributed by atoms with Crippen molar-refractivity contribution in [1.82, 2.24) is 0 Å². The maximum atomic E-state index is 11.5. The first kappa shape index (κ1) is 19.5. The molecule has 0 saturated carbocycles. The number of unbranched alkanes of at least 4 members (excludes halogenated alkanes) is 5. The van der Waals surface area contributed by atoms with E-state index in [0.717, 1.165) is 18.4 Å². The largest absolute Gasteiger partial charge is 0.494 e. The van der Waals surface area contributed by atoms with Crippen LogP contribution in [0.2, 0.25) is 0 Å². The lowest BCUT2D eigenvalue weighted by Crippen LogP contribution is -2.02. The number of ether oxygens (including phenoxy) is 1. The Kier molecular flexibility index (Phi) is 7.70. The lowest BCUT2D eigenvalue weighted by atomic mass is 9.98. The fraction of sp³-hybridized carbons (Fsp3) is 0.364. The van der Waals surface area contributed by atoms with Gasteiger partial charge in [0.2, 0.25) is 0 Å². The highest BCUT2D eigenvalue weighted by Gasteiger charge is 2.13. The number of nitrogens with zero attached hydrogens (tertiary/aromatic N) is 1. The van der Waals surface area contributed by atoms with Crippen molar-refractivity contribution >= 4 is 5.97 Å². The van der Waals surface area contributed by atoms with E-state index in [1.807, 2.05) is 0 Å². The average molecular weight is 351 g/mol. The monoisotopic (exact) mass is 351 g/mol. The number of aromatic carboxylic acids is 1. The van der Waals surface area contributed by atoms with Gasteiger partial charge in [-0.05, 0) is 47.9 Å². The second-order valence-corrected chi connectivity index (χ2v) is 6.32. The second kappa shape index (κ2) is 10.2. The Morgan fingerprint density at radius 1 is 1.04 bits per heavy atom. The van der Waals surface area contributed by atoms with Gasteiger partial charge in [0, 0.05) is 0 Å². The maximum Gasteiger partial charge on any atom is 0.336 e. The zero-order valence-electron chi connectivity index (χ0n) is 15.2. The highest BCUT2D eigenvalue weighted by Crippen LogP contribution is 2.28. The Hall–Kier alpha value is -2.80. The molecule has 0 bridgehead atoms. The van der Waals surface area contributed by atoms with E-state index < -0.39 is 5.97 Å². The summed E-state index contributed by atoms with van der Waals surface area (Å²) in [5.41, 5.74) is 2.12. The predicted octanol–water partition coefficient (Wildman–Crippen LogP) is 5.66. The van der Waals surface area contributed by atoms with Crippen molar-refractivity contribution in [2.75, 3.05) is 6.61 Å². The summed E-state index contributed by atoms with van der Waals surface area (Å²) < 4.78 is 5.81. The highest BCUT2D eigenvalue weighted by atomic mass is 16.5. The van der Waals surface area contributed by atoms with Crippen molar-refractivity contribution in [3.63, 3.8) is 0 Å². The van der Waals surface area contributed by atoms with Crippen LogP contribution in [0.15, 0.2) is 42.5 Å². The number of hydrogen-bond donors (Lipinski definition) is 1. The van der Waals surface area contributed by atoms with E-state index in [1.54, 1.807) is 42.5 Å². The van der Waals surface area contributed by atoms with Gasteiger partial charge in [0.1, 0.15) is 5.75 Å². The molecule has 0 fully saturated rings. The first-order valence-corrected chi connectivity index (χ1v) is 9.16. The quantitative estimate of drug-likeness (QED) is 0.560. The zero-order chi connectivity index (χ0) is 18.8. The van der Waals surface area contributed by atoms with E-state index >= 15 is 0 Å². The van der Waals surface area contributed by atoms with Crippen molar-refractivity contribution in [3.05, 3.63) is 53.6 Å². The average Bonchev–Trinajstić information content (AvgIpc) is 2.67. The molecule has 0 aliphatic rings.